The summed E-state index contributed by atoms with van der Waals surface area (Å²) >= 11 is 0. The molecular weight excluding hydrogens is 274 g/mol. The summed E-state index contributed by atoms with van der Waals surface area (Å²) in [6.07, 6.45) is 1.82. The van der Waals surface area contributed by atoms with Gasteiger partial charge in [-0.15, -0.1) is 0 Å². The highest BCUT2D eigenvalue weighted by Gasteiger charge is 2.49. The molecule has 0 spiro atoms. The molecule has 2 unspecified atom stereocenters. The summed E-state index contributed by atoms with van der Waals surface area (Å²) < 4.78 is 0. The Balaban J connectivity index is 1.93. The Morgan fingerprint density at radius 3 is 2.48 bits per heavy atom. The van der Waals surface area contributed by atoms with Crippen LogP contribution in [0.2, 0.25) is 0 Å². The molecule has 7 heteroatoms. The predicted molar refractivity (Wildman–Crippen MR) is 74.9 cm³/mol. The first-order chi connectivity index (χ1) is 10.0. The van der Waals surface area contributed by atoms with Gasteiger partial charge in [-0.2, -0.15) is 0 Å². The van der Waals surface area contributed by atoms with Crippen LogP contribution in [0.1, 0.15) is 19.8 Å². The monoisotopic (exact) mass is 289 g/mol. The van der Waals surface area contributed by atoms with Gasteiger partial charge in [-0.1, -0.05) is 6.92 Å². The minimum Gasteiger partial charge on any atom is -0.312 e. The number of nitro benzene ring substituents is 1. The fourth-order valence-electron chi connectivity index (χ4n) is 3.10. The van der Waals surface area contributed by atoms with Gasteiger partial charge in [0.05, 0.1) is 10.6 Å². The summed E-state index contributed by atoms with van der Waals surface area (Å²) in [4.78, 5) is 37.8. The number of carbonyl (C=O) groups is 2. The van der Waals surface area contributed by atoms with Crippen molar-refractivity contribution < 1.29 is 14.5 Å². The quantitative estimate of drug-likeness (QED) is 0.474. The van der Waals surface area contributed by atoms with Crippen LogP contribution in [0.5, 0.6) is 0 Å². The van der Waals surface area contributed by atoms with Gasteiger partial charge in [-0.3, -0.25) is 14.9 Å². The average Bonchev–Trinajstić information content (AvgIpc) is 2.72. The van der Waals surface area contributed by atoms with Crippen LogP contribution in [-0.4, -0.2) is 34.3 Å². The van der Waals surface area contributed by atoms with Gasteiger partial charge < -0.3 is 4.90 Å². The fraction of sp³-hybridized carbons (Fsp3) is 0.429. The molecule has 1 aromatic rings. The summed E-state index contributed by atoms with van der Waals surface area (Å²) in [6.45, 7) is 2.56. The molecule has 0 N–H and O–H groups in total. The fourth-order valence-corrected chi connectivity index (χ4v) is 3.10. The lowest BCUT2D eigenvalue weighted by Crippen LogP contribution is -2.44. The Morgan fingerprint density at radius 2 is 1.90 bits per heavy atom. The van der Waals surface area contributed by atoms with Crippen LogP contribution in [0, 0.1) is 16.0 Å². The molecule has 3 rings (SSSR count). The van der Waals surface area contributed by atoms with Crippen molar-refractivity contribution in [2.75, 3.05) is 11.4 Å². The van der Waals surface area contributed by atoms with E-state index in [1.54, 1.807) is 4.90 Å². The number of urea groups is 1. The van der Waals surface area contributed by atoms with E-state index in [-0.39, 0.29) is 23.5 Å². The zero-order chi connectivity index (χ0) is 15.1. The Kier molecular flexibility index (Phi) is 3.12. The Morgan fingerprint density at radius 1 is 1.24 bits per heavy atom. The first kappa shape index (κ1) is 13.5. The van der Waals surface area contributed by atoms with Crippen molar-refractivity contribution in [3.05, 3.63) is 34.4 Å². The third-order valence-corrected chi connectivity index (χ3v) is 4.16. The van der Waals surface area contributed by atoms with Gasteiger partial charge in [-0.25, -0.2) is 9.69 Å². The molecule has 2 aliphatic heterocycles. The molecule has 21 heavy (non-hydrogen) atoms. The lowest BCUT2D eigenvalue weighted by Gasteiger charge is -2.31. The van der Waals surface area contributed by atoms with E-state index in [1.165, 1.54) is 24.3 Å². The van der Waals surface area contributed by atoms with Crippen molar-refractivity contribution in [1.29, 1.82) is 0 Å². The van der Waals surface area contributed by atoms with E-state index in [9.17, 15) is 19.7 Å². The van der Waals surface area contributed by atoms with E-state index in [1.807, 2.05) is 6.92 Å². The van der Waals surface area contributed by atoms with Crippen molar-refractivity contribution in [1.82, 2.24) is 4.90 Å². The van der Waals surface area contributed by atoms with E-state index in [4.69, 9.17) is 0 Å². The van der Waals surface area contributed by atoms with Crippen LogP contribution in [0.3, 0.4) is 0 Å². The minimum atomic E-state index is -0.511. The maximum absolute atomic E-state index is 12.5. The van der Waals surface area contributed by atoms with Crippen molar-refractivity contribution in [3.63, 3.8) is 0 Å². The molecule has 0 aliphatic carbocycles. The van der Waals surface area contributed by atoms with Gasteiger partial charge in [0, 0.05) is 18.7 Å². The van der Waals surface area contributed by atoms with E-state index in [0.29, 0.717) is 12.2 Å². The Labute approximate surface area is 121 Å². The van der Waals surface area contributed by atoms with Crippen LogP contribution in [0.25, 0.3) is 0 Å². The van der Waals surface area contributed by atoms with Crippen molar-refractivity contribution in [2.24, 2.45) is 5.92 Å². The zero-order valence-corrected chi connectivity index (χ0v) is 11.6. The summed E-state index contributed by atoms with van der Waals surface area (Å²) in [6, 6.07) is 4.76. The molecular formula is C14H15N3O4. The van der Waals surface area contributed by atoms with Gasteiger partial charge in [-0.05, 0) is 30.9 Å². The first-order valence-electron chi connectivity index (χ1n) is 6.89. The molecule has 110 valence electrons. The normalized spacial score (nSPS) is 25.2. The summed E-state index contributed by atoms with van der Waals surface area (Å²) in [5.41, 5.74) is 0.320. The van der Waals surface area contributed by atoms with Gasteiger partial charge in [0.1, 0.15) is 6.04 Å². The van der Waals surface area contributed by atoms with Gasteiger partial charge in [0.25, 0.3) is 11.6 Å². The Hall–Kier alpha value is -2.44. The van der Waals surface area contributed by atoms with E-state index in [0.717, 1.165) is 17.7 Å². The molecule has 2 fully saturated rings. The first-order valence-corrected chi connectivity index (χ1v) is 6.89. The highest BCUT2D eigenvalue weighted by molar-refractivity contribution is 6.21. The van der Waals surface area contributed by atoms with Crippen LogP contribution in [0.4, 0.5) is 16.2 Å². The summed E-state index contributed by atoms with van der Waals surface area (Å²) in [7, 11) is 0. The highest BCUT2D eigenvalue weighted by atomic mass is 16.6. The largest absolute Gasteiger partial charge is 0.332 e. The third kappa shape index (κ3) is 2.05. The molecule has 1 aromatic carbocycles. The third-order valence-electron chi connectivity index (χ3n) is 4.16. The predicted octanol–water partition coefficient (Wildman–Crippen LogP) is 2.16. The molecule has 0 saturated carbocycles. The number of non-ortho nitro benzene ring substituents is 1. The summed E-state index contributed by atoms with van der Waals surface area (Å²) in [5, 5.41) is 10.7. The lowest BCUT2D eigenvalue weighted by molar-refractivity contribution is -0.384. The topological polar surface area (TPSA) is 83.8 Å². The number of anilines is 1. The number of benzene rings is 1. The minimum absolute atomic E-state index is 0.0658. The number of amides is 3. The number of piperidine rings is 1. The van der Waals surface area contributed by atoms with Crippen molar-refractivity contribution in [2.45, 2.75) is 25.8 Å². The van der Waals surface area contributed by atoms with Crippen molar-refractivity contribution >= 4 is 23.3 Å². The second-order valence-corrected chi connectivity index (χ2v) is 5.49. The number of nitro groups is 1. The maximum Gasteiger partial charge on any atom is 0.332 e. The average molecular weight is 289 g/mol. The van der Waals surface area contributed by atoms with Crippen LogP contribution >= 0.6 is 0 Å². The van der Waals surface area contributed by atoms with Gasteiger partial charge in [0.15, 0.2) is 0 Å². The number of rotatable bonds is 2. The number of fused-ring (bicyclic) bond motifs is 1. The number of imide groups is 1. The van der Waals surface area contributed by atoms with Crippen LogP contribution in [-0.2, 0) is 4.79 Å². The maximum atomic E-state index is 12.5. The lowest BCUT2D eigenvalue weighted by atomic mass is 9.91. The summed E-state index contributed by atoms with van der Waals surface area (Å²) in [5.74, 6) is -0.0979. The number of hydrogen-bond acceptors (Lipinski definition) is 4. The SMILES string of the molecule is CC1CCCN2C(=O)N(c3ccc([N+](=O)[O-])cc3)C(=O)C12. The van der Waals surface area contributed by atoms with Crippen LogP contribution < -0.4 is 4.90 Å². The molecule has 0 radical (unpaired) electrons. The molecule has 3 amide bonds. The molecule has 2 atom stereocenters. The number of nitrogens with zero attached hydrogens (tertiary/aromatic N) is 3. The Bertz CT molecular complexity index is 613. The molecule has 2 heterocycles. The molecule has 0 aromatic heterocycles. The van der Waals surface area contributed by atoms with E-state index >= 15 is 0 Å². The smallest absolute Gasteiger partial charge is 0.312 e. The van der Waals surface area contributed by atoms with Gasteiger partial charge >= 0.3 is 6.03 Å². The molecule has 2 aliphatic rings. The molecule has 7 nitrogen and oxygen atoms in total. The van der Waals surface area contributed by atoms with Gasteiger partial charge in [0.2, 0.25) is 0 Å². The second-order valence-electron chi connectivity index (χ2n) is 5.49. The number of carbonyl (C=O) groups excluding carboxylic acids is 2. The van der Waals surface area contributed by atoms with Crippen molar-refractivity contribution in [3.8, 4) is 0 Å². The second kappa shape index (κ2) is 4.83. The molecule has 0 bridgehead atoms. The highest BCUT2D eigenvalue weighted by Crippen LogP contribution is 2.34. The number of hydrogen-bond donors (Lipinski definition) is 0. The standard InChI is InChI=1S/C14H15N3O4/c1-9-3-2-8-15-12(9)13(18)16(14(15)19)10-4-6-11(7-5-10)17(20)21/h4-7,9,12H,2-3,8H2,1H3. The van der Waals surface area contributed by atoms with Crippen LogP contribution in [0.15, 0.2) is 24.3 Å². The van der Waals surface area contributed by atoms with E-state index in [2.05, 4.69) is 0 Å². The van der Waals surface area contributed by atoms with E-state index < -0.39 is 11.0 Å². The molecule has 2 saturated heterocycles. The zero-order valence-electron chi connectivity index (χ0n) is 11.6.